The third-order valence-electron chi connectivity index (χ3n) is 14.8. The second-order valence-corrected chi connectivity index (χ2v) is 24.3. The predicted octanol–water partition coefficient (Wildman–Crippen LogP) is 6.29. The number of amides is 9. The van der Waals surface area contributed by atoms with Crippen molar-refractivity contribution in [2.24, 2.45) is 27.9 Å². The molecular weight excluding hydrogens is 1150 g/mol. The number of carbonyl (C=O) groups is 10. The number of nitrogens with two attached hydrogens (primary N) is 1. The maximum Gasteiger partial charge on any atom is 0.251 e. The van der Waals surface area contributed by atoms with Gasteiger partial charge in [0.1, 0.15) is 0 Å². The summed E-state index contributed by atoms with van der Waals surface area (Å²) in [6, 6.07) is -1.91. The summed E-state index contributed by atoms with van der Waals surface area (Å²) in [6.45, 7) is 23.0. The third kappa shape index (κ3) is 39.5. The molecule has 0 aromatic heterocycles. The molecule has 0 radical (unpaired) electrons. The van der Waals surface area contributed by atoms with Gasteiger partial charge in [0.05, 0.1) is 12.1 Å². The second kappa shape index (κ2) is 45.4. The molecule has 0 saturated heterocycles. The van der Waals surface area contributed by atoms with E-state index in [9.17, 15) is 79.2 Å². The average Bonchev–Trinajstić information content (AvgIpc) is 3.43. The second-order valence-electron chi connectivity index (χ2n) is 24.3. The summed E-state index contributed by atoms with van der Waals surface area (Å²) in [5.41, 5.74) is 4.49. The van der Waals surface area contributed by atoms with Crippen molar-refractivity contribution in [2.75, 3.05) is 52.4 Å². The fraction of sp³-hybridized carbons (Fsp3) is 0.828. The molecule has 27 heteroatoms. The first-order valence-corrected chi connectivity index (χ1v) is 30.1. The van der Waals surface area contributed by atoms with Crippen molar-refractivity contribution in [1.29, 1.82) is 0 Å². The number of hydrogen-bond donors (Lipinski definition) is 10. The molecule has 0 aromatic rings. The first-order valence-electron chi connectivity index (χ1n) is 30.1. The van der Waals surface area contributed by atoms with Crippen LogP contribution in [0.2, 0.25) is 0 Å². The number of Topliss-reactive ketones (excluding diaryl/α,β-unsaturated/α-hetero) is 1. The molecule has 26 nitrogen and oxygen atoms in total. The smallest absolute Gasteiger partial charge is 0.251 e. The number of ketones is 1. The van der Waals surface area contributed by atoms with Crippen LogP contribution in [0.25, 0.3) is 0 Å². The molecule has 0 saturated carbocycles. The van der Waals surface area contributed by atoms with Crippen LogP contribution in [-0.4, -0.2) is 185 Å². The van der Waals surface area contributed by atoms with E-state index < -0.39 is 58.4 Å². The summed E-state index contributed by atoms with van der Waals surface area (Å²) in [5, 5.41) is 70.7. The first kappa shape index (κ1) is 84.3. The minimum atomic E-state index is -0.983. The summed E-state index contributed by atoms with van der Waals surface area (Å²) >= 11 is 0. The average molecular weight is 1260 g/mol. The normalized spacial score (nSPS) is 12.7. The van der Waals surface area contributed by atoms with Crippen molar-refractivity contribution < 1.29 is 96.3 Å². The van der Waals surface area contributed by atoms with E-state index in [1.165, 1.54) is 20.8 Å². The van der Waals surface area contributed by atoms with Gasteiger partial charge < -0.3 is 21.7 Å². The summed E-state index contributed by atoms with van der Waals surface area (Å²) in [6.07, 6.45) is 9.96. The van der Waals surface area contributed by atoms with Gasteiger partial charge in [-0.2, -0.15) is 0 Å². The molecule has 0 aliphatic heterocycles. The van der Waals surface area contributed by atoms with Gasteiger partial charge in [-0.3, -0.25) is 79.2 Å². The minimum absolute atomic E-state index is 0. The largest absolute Gasteiger partial charge is 0.356 e. The predicted molar refractivity (Wildman–Crippen MR) is 312 cm³/mol. The standard InChI is InChI=1S/C32H61N5O8.C26H49N5O8.Fe/c1-6-7-8-13-22-35(43)29(40)18-16-27(38)33-20-11-9-14-23-36(44)30(41)19-17-28(39)34-21-12-10-15-24-37(45)31(42)32(4,5)25-26(2)3;1-18(32)29(37)14-8-11-21(27)24(36)28-22(12-9-15-30(38)19(2)33)23(35)17-26(7,25(4,5)6)13-10-16-31(39)20(3)34;/h26,43-45H,6-25H2,1-5H3,(H,33,38)(H,34,39);21-22,37-39H,8-17,27H2,1-7H3,(H,28,36);/t;21-,22-,26+;/m.0./s1. The van der Waals surface area contributed by atoms with Crippen LogP contribution in [0.15, 0.2) is 0 Å². The van der Waals surface area contributed by atoms with Crippen molar-refractivity contribution in [2.45, 2.75) is 236 Å². The molecule has 11 N–H and O–H groups in total. The molecule has 0 spiro atoms. The van der Waals surface area contributed by atoms with Crippen LogP contribution in [0.4, 0.5) is 0 Å². The maximum atomic E-state index is 13.6. The van der Waals surface area contributed by atoms with E-state index in [0.29, 0.717) is 102 Å². The Labute approximate surface area is 516 Å². The van der Waals surface area contributed by atoms with Gasteiger partial charge >= 0.3 is 0 Å². The Bertz CT molecular complexity index is 2010. The molecule has 3 atom stereocenters. The summed E-state index contributed by atoms with van der Waals surface area (Å²) in [4.78, 5) is 121. The molecule has 85 heavy (non-hydrogen) atoms. The van der Waals surface area contributed by atoms with Gasteiger partial charge in [-0.1, -0.05) is 81.6 Å². The van der Waals surface area contributed by atoms with Crippen LogP contribution in [-0.2, 0) is 65.0 Å². The SMILES string of the molecule is CC(=O)N(O)CCC[C@H](NC(=O)[C@@H](N)CCCN(O)C(C)=O)C(=O)C[C@@](C)(CCCN(O)C(C)=O)C(C)(C)C.CCCCCCN(O)C(=O)CCC(=O)NCCCCCN(O)C(=O)CCC(=O)NCCCCCN(O)C(=O)C(C)(C)CC(C)C.[Fe]. The van der Waals surface area contributed by atoms with E-state index in [0.717, 1.165) is 30.7 Å². The molecule has 9 amide bonds. The Morgan fingerprint density at radius 3 is 1.28 bits per heavy atom. The van der Waals surface area contributed by atoms with E-state index >= 15 is 0 Å². The van der Waals surface area contributed by atoms with Crippen LogP contribution >= 0.6 is 0 Å². The molecule has 0 rings (SSSR count). The van der Waals surface area contributed by atoms with Crippen molar-refractivity contribution >= 4 is 58.9 Å². The van der Waals surface area contributed by atoms with Gasteiger partial charge in [0.15, 0.2) is 5.78 Å². The number of unbranched alkanes of at least 4 members (excludes halogenated alkanes) is 7. The molecule has 0 aliphatic carbocycles. The molecule has 0 bridgehead atoms. The monoisotopic (exact) mass is 1260 g/mol. The van der Waals surface area contributed by atoms with Crippen molar-refractivity contribution in [3.63, 3.8) is 0 Å². The van der Waals surface area contributed by atoms with Crippen molar-refractivity contribution in [3.8, 4) is 0 Å². The number of carbonyl (C=O) groups excluding carboxylic acids is 10. The molecular formula is C58H110FeN10O16. The Hall–Kier alpha value is -4.86. The summed E-state index contributed by atoms with van der Waals surface area (Å²) in [5.74, 6) is -3.88. The van der Waals surface area contributed by atoms with Crippen molar-refractivity contribution in [3.05, 3.63) is 0 Å². The number of nitrogens with zero attached hydrogens (tertiary/aromatic N) is 6. The Kier molecular flexibility index (Phi) is 45.1. The molecule has 0 fully saturated rings. The number of hydroxylamine groups is 12. The fourth-order valence-corrected chi connectivity index (χ4v) is 8.91. The first-order chi connectivity index (χ1) is 39.0. The van der Waals surface area contributed by atoms with Crippen LogP contribution in [0.1, 0.15) is 224 Å². The van der Waals surface area contributed by atoms with E-state index in [4.69, 9.17) is 5.73 Å². The number of nitrogens with one attached hydrogen (secondary N) is 3. The zero-order chi connectivity index (χ0) is 64.8. The fourth-order valence-electron chi connectivity index (χ4n) is 8.91. The van der Waals surface area contributed by atoms with Gasteiger partial charge in [0.2, 0.25) is 47.3 Å². The number of rotatable bonds is 43. The Morgan fingerprint density at radius 1 is 0.494 bits per heavy atom. The van der Waals surface area contributed by atoms with Gasteiger partial charge in [-0.05, 0) is 107 Å². The zero-order valence-electron chi connectivity index (χ0n) is 53.3. The van der Waals surface area contributed by atoms with E-state index in [-0.39, 0.29) is 143 Å². The maximum absolute atomic E-state index is 13.6. The minimum Gasteiger partial charge on any atom is -0.356 e. The number of hydrogen-bond acceptors (Lipinski definition) is 17. The Balaban J connectivity index is -0.00000158. The molecule has 0 heterocycles. The molecule has 0 unspecified atom stereocenters. The van der Waals surface area contributed by atoms with Crippen LogP contribution in [0.5, 0.6) is 0 Å². The topological polar surface area (TPSA) is 374 Å². The van der Waals surface area contributed by atoms with Crippen LogP contribution in [0, 0.1) is 22.2 Å². The summed E-state index contributed by atoms with van der Waals surface area (Å²) < 4.78 is 0. The molecule has 0 aromatic carbocycles. The van der Waals surface area contributed by atoms with E-state index in [1.54, 1.807) is 0 Å². The van der Waals surface area contributed by atoms with Crippen molar-refractivity contribution in [1.82, 2.24) is 46.3 Å². The molecule has 496 valence electrons. The zero-order valence-corrected chi connectivity index (χ0v) is 54.4. The van der Waals surface area contributed by atoms with Gasteiger partial charge in [-0.25, -0.2) is 30.4 Å². The summed E-state index contributed by atoms with van der Waals surface area (Å²) in [7, 11) is 0. The van der Waals surface area contributed by atoms with Gasteiger partial charge in [0, 0.05) is 128 Å². The van der Waals surface area contributed by atoms with Crippen LogP contribution in [0.3, 0.4) is 0 Å². The van der Waals surface area contributed by atoms with Gasteiger partial charge in [0.25, 0.3) is 5.91 Å². The van der Waals surface area contributed by atoms with Gasteiger partial charge in [-0.15, -0.1) is 0 Å². The Morgan fingerprint density at radius 2 is 0.882 bits per heavy atom. The van der Waals surface area contributed by atoms with Crippen LogP contribution < -0.4 is 21.7 Å². The molecule has 0 aliphatic rings. The third-order valence-corrected chi connectivity index (χ3v) is 14.8. The van der Waals surface area contributed by atoms with E-state index in [2.05, 4.69) is 22.9 Å². The quantitative estimate of drug-likeness (QED) is 0.0139. The van der Waals surface area contributed by atoms with E-state index in [1.807, 2.05) is 55.4 Å².